The third kappa shape index (κ3) is 3.73. The standard InChI is InChI=1S/C12H13FO6/c1-19-12(18)7-4-6(2-3-8(7)13)11(17)9(14)5-10(15)16/h2-4,9,11,14,17H,5H2,1H3,(H,15,16). The largest absolute Gasteiger partial charge is 0.481 e. The van der Waals surface area contributed by atoms with E-state index < -0.39 is 41.9 Å². The van der Waals surface area contributed by atoms with Gasteiger partial charge in [-0.1, -0.05) is 6.07 Å². The minimum absolute atomic E-state index is 0.0237. The first-order valence-electron chi connectivity index (χ1n) is 5.32. The van der Waals surface area contributed by atoms with Crippen molar-refractivity contribution in [2.75, 3.05) is 7.11 Å². The molecule has 0 aliphatic heterocycles. The molecule has 3 N–H and O–H groups in total. The highest BCUT2D eigenvalue weighted by Gasteiger charge is 2.23. The van der Waals surface area contributed by atoms with E-state index in [2.05, 4.69) is 4.74 Å². The number of aliphatic hydroxyl groups excluding tert-OH is 2. The van der Waals surface area contributed by atoms with Crippen molar-refractivity contribution in [3.8, 4) is 0 Å². The van der Waals surface area contributed by atoms with Gasteiger partial charge in [-0.2, -0.15) is 0 Å². The van der Waals surface area contributed by atoms with Gasteiger partial charge >= 0.3 is 11.9 Å². The van der Waals surface area contributed by atoms with Crippen LogP contribution in [0, 0.1) is 5.82 Å². The molecule has 0 spiro atoms. The first-order chi connectivity index (χ1) is 8.86. The van der Waals surface area contributed by atoms with Crippen LogP contribution in [0.3, 0.4) is 0 Å². The summed E-state index contributed by atoms with van der Waals surface area (Å²) in [7, 11) is 1.07. The summed E-state index contributed by atoms with van der Waals surface area (Å²) in [5.74, 6) is -3.06. The summed E-state index contributed by atoms with van der Waals surface area (Å²) in [5.41, 5.74) is -0.378. The Balaban J connectivity index is 3.01. The van der Waals surface area contributed by atoms with Gasteiger partial charge in [0.05, 0.1) is 25.2 Å². The van der Waals surface area contributed by atoms with Gasteiger partial charge in [0, 0.05) is 0 Å². The summed E-state index contributed by atoms with van der Waals surface area (Å²) < 4.78 is 17.7. The van der Waals surface area contributed by atoms with Crippen molar-refractivity contribution in [1.29, 1.82) is 0 Å². The molecule has 0 amide bonds. The number of rotatable bonds is 5. The molecule has 19 heavy (non-hydrogen) atoms. The molecule has 0 aliphatic carbocycles. The predicted octanol–water partition coefficient (Wildman–Crippen LogP) is 0.481. The van der Waals surface area contributed by atoms with Crippen LogP contribution in [0.25, 0.3) is 0 Å². The fraction of sp³-hybridized carbons (Fsp3) is 0.333. The van der Waals surface area contributed by atoms with Gasteiger partial charge in [-0.3, -0.25) is 4.79 Å². The van der Waals surface area contributed by atoms with Gasteiger partial charge in [0.2, 0.25) is 0 Å². The van der Waals surface area contributed by atoms with Crippen LogP contribution in [-0.2, 0) is 9.53 Å². The van der Waals surface area contributed by atoms with Crippen molar-refractivity contribution in [3.05, 3.63) is 35.1 Å². The molecule has 104 valence electrons. The van der Waals surface area contributed by atoms with Crippen molar-refractivity contribution in [3.63, 3.8) is 0 Å². The topological polar surface area (TPSA) is 104 Å². The molecule has 1 rings (SSSR count). The third-order valence-corrected chi connectivity index (χ3v) is 2.49. The second-order valence-electron chi connectivity index (χ2n) is 3.84. The van der Waals surface area contributed by atoms with E-state index in [0.29, 0.717) is 0 Å². The number of halogens is 1. The Labute approximate surface area is 108 Å². The number of carbonyl (C=O) groups is 2. The van der Waals surface area contributed by atoms with E-state index in [1.807, 2.05) is 0 Å². The van der Waals surface area contributed by atoms with Crippen LogP contribution in [0.5, 0.6) is 0 Å². The summed E-state index contributed by atoms with van der Waals surface area (Å²) in [6.07, 6.45) is -3.78. The maximum absolute atomic E-state index is 13.3. The number of ether oxygens (including phenoxy) is 1. The van der Waals surface area contributed by atoms with Gasteiger partial charge in [0.1, 0.15) is 11.9 Å². The summed E-state index contributed by atoms with van der Waals surface area (Å²) in [4.78, 5) is 21.7. The van der Waals surface area contributed by atoms with E-state index in [9.17, 15) is 24.2 Å². The molecular formula is C12H13FO6. The number of hydrogen-bond donors (Lipinski definition) is 3. The average molecular weight is 272 g/mol. The maximum Gasteiger partial charge on any atom is 0.340 e. The number of hydrogen-bond acceptors (Lipinski definition) is 5. The molecule has 6 nitrogen and oxygen atoms in total. The van der Waals surface area contributed by atoms with Crippen LogP contribution in [0.1, 0.15) is 28.4 Å². The number of aliphatic carboxylic acids is 1. The molecule has 0 aromatic heterocycles. The third-order valence-electron chi connectivity index (χ3n) is 2.49. The highest BCUT2D eigenvalue weighted by atomic mass is 19.1. The molecule has 0 fully saturated rings. The summed E-state index contributed by atoms with van der Waals surface area (Å²) >= 11 is 0. The molecule has 0 saturated heterocycles. The number of carboxylic acid groups (broad SMARTS) is 1. The Morgan fingerprint density at radius 2 is 2.00 bits per heavy atom. The second-order valence-corrected chi connectivity index (χ2v) is 3.84. The Kier molecular flexibility index (Phi) is 4.96. The fourth-order valence-corrected chi connectivity index (χ4v) is 1.51. The second kappa shape index (κ2) is 6.26. The quantitative estimate of drug-likeness (QED) is 0.673. The van der Waals surface area contributed by atoms with Crippen LogP contribution in [0.4, 0.5) is 4.39 Å². The van der Waals surface area contributed by atoms with E-state index in [1.54, 1.807) is 0 Å². The number of carbonyl (C=O) groups excluding carboxylic acids is 1. The zero-order chi connectivity index (χ0) is 14.6. The lowest BCUT2D eigenvalue weighted by Gasteiger charge is -2.17. The monoisotopic (exact) mass is 272 g/mol. The van der Waals surface area contributed by atoms with Crippen LogP contribution >= 0.6 is 0 Å². The van der Waals surface area contributed by atoms with Gasteiger partial charge in [-0.05, 0) is 17.7 Å². The van der Waals surface area contributed by atoms with Crippen LogP contribution < -0.4 is 0 Å². The first kappa shape index (κ1) is 15.1. The molecule has 2 unspecified atom stereocenters. The van der Waals surface area contributed by atoms with E-state index in [0.717, 1.165) is 25.3 Å². The van der Waals surface area contributed by atoms with E-state index >= 15 is 0 Å². The molecule has 1 aromatic carbocycles. The molecule has 0 aliphatic rings. The number of methoxy groups -OCH3 is 1. The zero-order valence-electron chi connectivity index (χ0n) is 10.0. The molecule has 0 saturated carbocycles. The highest BCUT2D eigenvalue weighted by Crippen LogP contribution is 2.22. The van der Waals surface area contributed by atoms with Gasteiger partial charge < -0.3 is 20.1 Å². The van der Waals surface area contributed by atoms with Gasteiger partial charge in [-0.15, -0.1) is 0 Å². The van der Waals surface area contributed by atoms with Gasteiger partial charge in [0.15, 0.2) is 0 Å². The van der Waals surface area contributed by atoms with E-state index in [1.165, 1.54) is 0 Å². The van der Waals surface area contributed by atoms with Crippen molar-refractivity contribution in [1.82, 2.24) is 0 Å². The Morgan fingerprint density at radius 1 is 1.37 bits per heavy atom. The van der Waals surface area contributed by atoms with E-state index in [-0.39, 0.29) is 5.56 Å². The van der Waals surface area contributed by atoms with Crippen LogP contribution in [0.15, 0.2) is 18.2 Å². The van der Waals surface area contributed by atoms with Crippen molar-refractivity contribution in [2.24, 2.45) is 0 Å². The minimum atomic E-state index is -1.56. The number of benzene rings is 1. The predicted molar refractivity (Wildman–Crippen MR) is 61.0 cm³/mol. The summed E-state index contributed by atoms with van der Waals surface area (Å²) in [6, 6.07) is 3.09. The van der Waals surface area contributed by atoms with Crippen molar-refractivity contribution in [2.45, 2.75) is 18.6 Å². The minimum Gasteiger partial charge on any atom is -0.481 e. The fourth-order valence-electron chi connectivity index (χ4n) is 1.51. The highest BCUT2D eigenvalue weighted by molar-refractivity contribution is 5.89. The van der Waals surface area contributed by atoms with Crippen molar-refractivity contribution >= 4 is 11.9 Å². The molecule has 0 bridgehead atoms. The van der Waals surface area contributed by atoms with Crippen LogP contribution in [-0.4, -0.2) is 40.5 Å². The zero-order valence-corrected chi connectivity index (χ0v) is 10.0. The molecule has 2 atom stereocenters. The SMILES string of the molecule is COC(=O)c1cc(C(O)C(O)CC(=O)O)ccc1F. The van der Waals surface area contributed by atoms with Gasteiger partial charge in [-0.25, -0.2) is 9.18 Å². The lowest BCUT2D eigenvalue weighted by molar-refractivity contribution is -0.141. The molecule has 7 heteroatoms. The lowest BCUT2D eigenvalue weighted by atomic mass is 10.00. The Hall–Kier alpha value is -1.99. The Bertz CT molecular complexity index is 487. The Morgan fingerprint density at radius 3 is 2.53 bits per heavy atom. The number of carboxylic acids is 1. The van der Waals surface area contributed by atoms with E-state index in [4.69, 9.17) is 5.11 Å². The summed E-state index contributed by atoms with van der Waals surface area (Å²) in [6.45, 7) is 0. The molecule has 1 aromatic rings. The molecular weight excluding hydrogens is 259 g/mol. The van der Waals surface area contributed by atoms with Crippen LogP contribution in [0.2, 0.25) is 0 Å². The van der Waals surface area contributed by atoms with Crippen molar-refractivity contribution < 1.29 is 34.0 Å². The smallest absolute Gasteiger partial charge is 0.340 e. The average Bonchev–Trinajstić information content (AvgIpc) is 2.36. The number of aliphatic hydroxyl groups is 2. The first-order valence-corrected chi connectivity index (χ1v) is 5.32. The maximum atomic E-state index is 13.3. The molecule has 0 radical (unpaired) electrons. The lowest BCUT2D eigenvalue weighted by Crippen LogP contribution is -2.22. The van der Waals surface area contributed by atoms with Gasteiger partial charge in [0.25, 0.3) is 0 Å². The molecule has 0 heterocycles. The summed E-state index contributed by atoms with van der Waals surface area (Å²) in [5, 5.41) is 27.7. The normalized spacial score (nSPS) is 13.7. The number of esters is 1.